The summed E-state index contributed by atoms with van der Waals surface area (Å²) in [6.07, 6.45) is 2.88. The molecular weight excluding hydrogens is 228 g/mol. The van der Waals surface area contributed by atoms with Crippen LogP contribution in [0.25, 0.3) is 0 Å². The van der Waals surface area contributed by atoms with Crippen LogP contribution in [0, 0.1) is 0 Å². The second kappa shape index (κ2) is 7.40. The van der Waals surface area contributed by atoms with Crippen molar-refractivity contribution in [1.82, 2.24) is 10.0 Å². The minimum absolute atomic E-state index is 0.0390. The molecule has 0 rings (SSSR count). The molecule has 0 saturated carbocycles. The Morgan fingerprint density at radius 3 is 2.62 bits per heavy atom. The van der Waals surface area contributed by atoms with Crippen molar-refractivity contribution in [2.24, 2.45) is 0 Å². The number of nitrogens with one attached hydrogen (secondary N) is 2. The van der Waals surface area contributed by atoms with E-state index in [9.17, 15) is 13.2 Å². The highest BCUT2D eigenvalue weighted by atomic mass is 32.2. The number of hydrogen-bond acceptors (Lipinski definition) is 3. The normalized spacial score (nSPS) is 13.1. The molecule has 0 radical (unpaired) electrons. The van der Waals surface area contributed by atoms with Crippen molar-refractivity contribution in [1.29, 1.82) is 0 Å². The van der Waals surface area contributed by atoms with Gasteiger partial charge in [0.1, 0.15) is 0 Å². The highest BCUT2D eigenvalue weighted by molar-refractivity contribution is 7.89. The van der Waals surface area contributed by atoms with E-state index in [0.29, 0.717) is 19.4 Å². The van der Waals surface area contributed by atoms with Gasteiger partial charge in [-0.05, 0) is 19.8 Å². The number of sulfonamides is 1. The lowest BCUT2D eigenvalue weighted by Crippen LogP contribution is -2.45. The fourth-order valence-electron chi connectivity index (χ4n) is 1.10. The number of amides is 1. The van der Waals surface area contributed by atoms with Crippen LogP contribution in [0.4, 0.5) is 0 Å². The van der Waals surface area contributed by atoms with Gasteiger partial charge in [-0.3, -0.25) is 4.79 Å². The average Bonchev–Trinajstić information content (AvgIpc) is 2.16. The van der Waals surface area contributed by atoms with Gasteiger partial charge in [0.2, 0.25) is 15.9 Å². The summed E-state index contributed by atoms with van der Waals surface area (Å²) >= 11 is 0. The van der Waals surface area contributed by atoms with Crippen molar-refractivity contribution in [3.63, 3.8) is 0 Å². The van der Waals surface area contributed by atoms with Gasteiger partial charge >= 0.3 is 0 Å². The summed E-state index contributed by atoms with van der Waals surface area (Å²) in [6.45, 7) is 7.29. The van der Waals surface area contributed by atoms with Crippen molar-refractivity contribution in [2.45, 2.75) is 32.7 Å². The SMILES string of the molecule is C=CCCNC(=O)C(C)NS(=O)(=O)CCC. The Morgan fingerprint density at radius 2 is 2.12 bits per heavy atom. The summed E-state index contributed by atoms with van der Waals surface area (Å²) in [4.78, 5) is 11.4. The van der Waals surface area contributed by atoms with Crippen LogP contribution in [0.5, 0.6) is 0 Å². The summed E-state index contributed by atoms with van der Waals surface area (Å²) in [5.41, 5.74) is 0. The number of rotatable bonds is 8. The van der Waals surface area contributed by atoms with E-state index in [2.05, 4.69) is 16.6 Å². The lowest BCUT2D eigenvalue weighted by molar-refractivity contribution is -0.122. The molecule has 2 N–H and O–H groups in total. The van der Waals surface area contributed by atoms with Crippen LogP contribution in [0.15, 0.2) is 12.7 Å². The molecule has 0 aliphatic heterocycles. The van der Waals surface area contributed by atoms with Crippen LogP contribution in [0.1, 0.15) is 26.7 Å². The Bertz CT molecular complexity index is 325. The summed E-state index contributed by atoms with van der Waals surface area (Å²) in [7, 11) is -3.34. The monoisotopic (exact) mass is 248 g/mol. The zero-order valence-electron chi connectivity index (χ0n) is 9.82. The van der Waals surface area contributed by atoms with E-state index in [0.717, 1.165) is 0 Å². The maximum Gasteiger partial charge on any atom is 0.237 e. The second-order valence-corrected chi connectivity index (χ2v) is 5.40. The molecule has 0 saturated heterocycles. The largest absolute Gasteiger partial charge is 0.354 e. The first-order valence-corrected chi connectivity index (χ1v) is 6.96. The molecule has 0 bridgehead atoms. The lowest BCUT2D eigenvalue weighted by Gasteiger charge is -2.13. The maximum atomic E-state index is 11.4. The van der Waals surface area contributed by atoms with Crippen molar-refractivity contribution in [3.05, 3.63) is 12.7 Å². The predicted molar refractivity (Wildman–Crippen MR) is 64.5 cm³/mol. The Balaban J connectivity index is 4.09. The third-order valence-corrected chi connectivity index (χ3v) is 3.53. The minimum Gasteiger partial charge on any atom is -0.354 e. The van der Waals surface area contributed by atoms with E-state index in [4.69, 9.17) is 0 Å². The number of hydrogen-bond donors (Lipinski definition) is 2. The highest BCUT2D eigenvalue weighted by Crippen LogP contribution is 1.92. The van der Waals surface area contributed by atoms with E-state index in [1.807, 2.05) is 0 Å². The Kier molecular flexibility index (Phi) is 7.00. The van der Waals surface area contributed by atoms with E-state index < -0.39 is 16.1 Å². The number of carbonyl (C=O) groups excluding carboxylic acids is 1. The molecule has 0 aliphatic rings. The van der Waals surface area contributed by atoms with Gasteiger partial charge in [-0.1, -0.05) is 13.0 Å². The van der Waals surface area contributed by atoms with Crippen molar-refractivity contribution >= 4 is 15.9 Å². The third-order valence-electron chi connectivity index (χ3n) is 1.87. The lowest BCUT2D eigenvalue weighted by atomic mass is 10.3. The molecule has 94 valence electrons. The van der Waals surface area contributed by atoms with E-state index in [1.165, 1.54) is 6.92 Å². The summed E-state index contributed by atoms with van der Waals surface area (Å²) in [5.74, 6) is -0.279. The topological polar surface area (TPSA) is 75.3 Å². The molecule has 0 aliphatic carbocycles. The first kappa shape index (κ1) is 15.1. The van der Waals surface area contributed by atoms with Gasteiger partial charge in [-0.25, -0.2) is 13.1 Å². The smallest absolute Gasteiger partial charge is 0.237 e. The van der Waals surface area contributed by atoms with Gasteiger partial charge in [-0.2, -0.15) is 0 Å². The van der Waals surface area contributed by atoms with E-state index in [1.54, 1.807) is 13.0 Å². The van der Waals surface area contributed by atoms with Crippen molar-refractivity contribution in [3.8, 4) is 0 Å². The van der Waals surface area contributed by atoms with Crippen molar-refractivity contribution in [2.75, 3.05) is 12.3 Å². The van der Waals surface area contributed by atoms with Crippen LogP contribution in [-0.2, 0) is 14.8 Å². The molecule has 0 aromatic heterocycles. The molecule has 0 fully saturated rings. The zero-order chi connectivity index (χ0) is 12.6. The highest BCUT2D eigenvalue weighted by Gasteiger charge is 2.18. The van der Waals surface area contributed by atoms with Gasteiger partial charge in [0, 0.05) is 6.54 Å². The van der Waals surface area contributed by atoms with Gasteiger partial charge < -0.3 is 5.32 Å². The van der Waals surface area contributed by atoms with Crippen LogP contribution in [0.2, 0.25) is 0 Å². The molecule has 0 aromatic carbocycles. The second-order valence-electron chi connectivity index (χ2n) is 3.53. The Morgan fingerprint density at radius 1 is 1.50 bits per heavy atom. The van der Waals surface area contributed by atoms with Crippen LogP contribution >= 0.6 is 0 Å². The van der Waals surface area contributed by atoms with Crippen molar-refractivity contribution < 1.29 is 13.2 Å². The number of carbonyl (C=O) groups is 1. The molecule has 1 amide bonds. The van der Waals surface area contributed by atoms with E-state index in [-0.39, 0.29) is 11.7 Å². The van der Waals surface area contributed by atoms with Gasteiger partial charge in [-0.15, -0.1) is 6.58 Å². The molecule has 6 heteroatoms. The molecule has 1 atom stereocenters. The Hall–Kier alpha value is -0.880. The molecular formula is C10H20N2O3S. The van der Waals surface area contributed by atoms with E-state index >= 15 is 0 Å². The quantitative estimate of drug-likeness (QED) is 0.482. The van der Waals surface area contributed by atoms with Gasteiger partial charge in [0.05, 0.1) is 11.8 Å². The Labute approximate surface area is 97.4 Å². The molecule has 5 nitrogen and oxygen atoms in total. The summed E-state index contributed by atoms with van der Waals surface area (Å²) in [5, 5.41) is 2.61. The predicted octanol–water partition coefficient (Wildman–Crippen LogP) is 0.397. The summed E-state index contributed by atoms with van der Waals surface area (Å²) in [6, 6.07) is -0.735. The average molecular weight is 248 g/mol. The summed E-state index contributed by atoms with van der Waals surface area (Å²) < 4.78 is 25.1. The third kappa shape index (κ3) is 6.58. The minimum atomic E-state index is -3.34. The molecule has 0 aromatic rings. The maximum absolute atomic E-state index is 11.4. The first-order valence-electron chi connectivity index (χ1n) is 5.31. The molecule has 16 heavy (non-hydrogen) atoms. The molecule has 1 unspecified atom stereocenters. The van der Waals surface area contributed by atoms with Gasteiger partial charge in [0.25, 0.3) is 0 Å². The molecule has 0 spiro atoms. The molecule has 0 heterocycles. The van der Waals surface area contributed by atoms with Crippen LogP contribution < -0.4 is 10.0 Å². The van der Waals surface area contributed by atoms with Crippen LogP contribution in [-0.4, -0.2) is 32.7 Å². The zero-order valence-corrected chi connectivity index (χ0v) is 10.6. The van der Waals surface area contributed by atoms with Gasteiger partial charge in [0.15, 0.2) is 0 Å². The fraction of sp³-hybridized carbons (Fsp3) is 0.700. The standard InChI is InChI=1S/C10H20N2O3S/c1-4-6-7-11-10(13)9(3)12-16(14,15)8-5-2/h4,9,12H,1,5-8H2,2-3H3,(H,11,13). The van der Waals surface area contributed by atoms with Crippen LogP contribution in [0.3, 0.4) is 0 Å². The fourth-order valence-corrected chi connectivity index (χ4v) is 2.40. The first-order chi connectivity index (χ1) is 7.43.